The van der Waals surface area contributed by atoms with Crippen LogP contribution in [0.1, 0.15) is 13.3 Å². The van der Waals surface area contributed by atoms with Crippen molar-refractivity contribution < 1.29 is 17.6 Å². The minimum absolute atomic E-state index is 0.0205. The number of halogens is 1. The molecular weight excluding hydrogens is 301 g/mol. The van der Waals surface area contributed by atoms with Gasteiger partial charge in [-0.2, -0.15) is 0 Å². The molecule has 0 radical (unpaired) electrons. The molecule has 1 fully saturated rings. The van der Waals surface area contributed by atoms with Crippen LogP contribution in [-0.4, -0.2) is 37.1 Å². The predicted octanol–water partition coefficient (Wildman–Crippen LogP) is 1.61. The van der Waals surface area contributed by atoms with Crippen LogP contribution in [0.4, 0.5) is 4.39 Å². The molecule has 1 aliphatic rings. The molecule has 1 heterocycles. The van der Waals surface area contributed by atoms with Crippen molar-refractivity contribution in [3.05, 3.63) is 30.1 Å². The minimum Gasteiger partial charge on any atom is -0.351 e. The molecule has 4 nitrogen and oxygen atoms in total. The summed E-state index contributed by atoms with van der Waals surface area (Å²) in [5.41, 5.74) is 0. The van der Waals surface area contributed by atoms with Gasteiger partial charge in [0.05, 0.1) is 16.8 Å². The lowest BCUT2D eigenvalue weighted by molar-refractivity contribution is -0.120. The van der Waals surface area contributed by atoms with E-state index >= 15 is 0 Å². The van der Waals surface area contributed by atoms with Gasteiger partial charge in [0.1, 0.15) is 5.82 Å². The Kier molecular flexibility index (Phi) is 4.70. The Morgan fingerprint density at radius 2 is 2.05 bits per heavy atom. The van der Waals surface area contributed by atoms with Crippen molar-refractivity contribution in [2.75, 3.05) is 11.5 Å². The zero-order valence-electron chi connectivity index (χ0n) is 11.0. The second-order valence-electron chi connectivity index (χ2n) is 4.82. The summed E-state index contributed by atoms with van der Waals surface area (Å²) in [6.07, 6.45) is 0.474. The maximum atomic E-state index is 12.8. The van der Waals surface area contributed by atoms with E-state index in [1.54, 1.807) is 19.1 Å². The Morgan fingerprint density at radius 1 is 1.40 bits per heavy atom. The number of hydrogen-bond donors (Lipinski definition) is 1. The van der Waals surface area contributed by atoms with Crippen LogP contribution in [0.25, 0.3) is 0 Å². The lowest BCUT2D eigenvalue weighted by Gasteiger charge is -2.15. The van der Waals surface area contributed by atoms with Crippen molar-refractivity contribution in [2.45, 2.75) is 29.5 Å². The zero-order valence-corrected chi connectivity index (χ0v) is 12.6. The Bertz CT molecular complexity index is 586. The van der Waals surface area contributed by atoms with Crippen LogP contribution >= 0.6 is 11.8 Å². The monoisotopic (exact) mass is 317 g/mol. The molecule has 0 spiro atoms. The number of carbonyl (C=O) groups is 1. The van der Waals surface area contributed by atoms with E-state index in [1.165, 1.54) is 23.9 Å². The van der Waals surface area contributed by atoms with Crippen LogP contribution in [0, 0.1) is 5.82 Å². The van der Waals surface area contributed by atoms with Crippen molar-refractivity contribution in [1.82, 2.24) is 5.32 Å². The van der Waals surface area contributed by atoms with E-state index in [-0.39, 0.29) is 34.5 Å². The van der Waals surface area contributed by atoms with E-state index in [1.807, 2.05) is 0 Å². The molecular formula is C13H16FNO3S2. The number of amides is 1. The fourth-order valence-corrected chi connectivity index (χ4v) is 4.55. The van der Waals surface area contributed by atoms with Crippen molar-refractivity contribution >= 4 is 27.5 Å². The van der Waals surface area contributed by atoms with Gasteiger partial charge in [0.25, 0.3) is 0 Å². The van der Waals surface area contributed by atoms with Gasteiger partial charge >= 0.3 is 0 Å². The summed E-state index contributed by atoms with van der Waals surface area (Å²) in [5.74, 6) is -0.353. The second-order valence-corrected chi connectivity index (χ2v) is 8.47. The first-order chi connectivity index (χ1) is 9.35. The summed E-state index contributed by atoms with van der Waals surface area (Å²) >= 11 is 1.32. The molecule has 0 aromatic heterocycles. The van der Waals surface area contributed by atoms with E-state index in [0.717, 1.165) is 4.90 Å². The highest BCUT2D eigenvalue weighted by Gasteiger charge is 2.30. The molecule has 0 aliphatic carbocycles. The van der Waals surface area contributed by atoms with Gasteiger partial charge < -0.3 is 5.32 Å². The van der Waals surface area contributed by atoms with E-state index in [9.17, 15) is 17.6 Å². The van der Waals surface area contributed by atoms with Crippen LogP contribution in [0.5, 0.6) is 0 Å². The van der Waals surface area contributed by atoms with Crippen LogP contribution in [0.2, 0.25) is 0 Å². The third-order valence-corrected chi connectivity index (χ3v) is 5.95. The largest absolute Gasteiger partial charge is 0.351 e. The highest BCUT2D eigenvalue weighted by molar-refractivity contribution is 8.00. The zero-order chi connectivity index (χ0) is 14.8. The number of thioether (sulfide) groups is 1. The summed E-state index contributed by atoms with van der Waals surface area (Å²) in [6.45, 7) is 1.74. The maximum absolute atomic E-state index is 12.8. The third-order valence-electron chi connectivity index (χ3n) is 3.07. The predicted molar refractivity (Wildman–Crippen MR) is 76.9 cm³/mol. The lowest BCUT2D eigenvalue weighted by Crippen LogP contribution is -2.39. The number of sulfone groups is 1. The fourth-order valence-electron chi connectivity index (χ4n) is 2.00. The Hall–Kier alpha value is -1.08. The van der Waals surface area contributed by atoms with E-state index < -0.39 is 9.84 Å². The van der Waals surface area contributed by atoms with Crippen LogP contribution < -0.4 is 5.32 Å². The molecule has 7 heteroatoms. The summed E-state index contributed by atoms with van der Waals surface area (Å²) < 4.78 is 35.4. The topological polar surface area (TPSA) is 63.2 Å². The lowest BCUT2D eigenvalue weighted by atomic mass is 10.2. The van der Waals surface area contributed by atoms with Gasteiger partial charge in [-0.3, -0.25) is 4.79 Å². The molecule has 2 rings (SSSR count). The third kappa shape index (κ3) is 4.21. The van der Waals surface area contributed by atoms with E-state index in [0.29, 0.717) is 6.42 Å². The summed E-state index contributed by atoms with van der Waals surface area (Å²) in [4.78, 5) is 12.8. The van der Waals surface area contributed by atoms with Gasteiger partial charge in [0, 0.05) is 10.9 Å². The number of rotatable bonds is 4. The van der Waals surface area contributed by atoms with Gasteiger partial charge in [0.15, 0.2) is 9.84 Å². The molecule has 1 aromatic carbocycles. The number of nitrogens with one attached hydrogen (secondary N) is 1. The molecule has 1 saturated heterocycles. The van der Waals surface area contributed by atoms with Crippen LogP contribution in [0.3, 0.4) is 0 Å². The van der Waals surface area contributed by atoms with Crippen LogP contribution in [0.15, 0.2) is 29.2 Å². The summed E-state index contributed by atoms with van der Waals surface area (Å²) in [5, 5.41) is 2.40. The normalized spacial score (nSPS) is 22.4. The number of carbonyl (C=O) groups excluding carboxylic acids is 1. The van der Waals surface area contributed by atoms with Gasteiger partial charge in [-0.1, -0.05) is 0 Å². The molecule has 0 bridgehead atoms. The van der Waals surface area contributed by atoms with Gasteiger partial charge in [-0.05, 0) is 37.6 Å². The smallest absolute Gasteiger partial charge is 0.233 e. The molecule has 2 atom stereocenters. The molecule has 110 valence electrons. The first-order valence-corrected chi connectivity index (χ1v) is 8.99. The molecule has 1 aromatic rings. The standard InChI is InChI=1S/C13H16FNO3S2/c1-9(19-12-4-2-10(14)3-5-12)13(16)15-11-6-7-20(17,18)8-11/h2-5,9,11H,6-8H2,1H3,(H,15,16)/t9-,11-/m1/s1. The van der Waals surface area contributed by atoms with Crippen molar-refractivity contribution in [3.63, 3.8) is 0 Å². The summed E-state index contributed by atoms with van der Waals surface area (Å²) in [6, 6.07) is 5.63. The molecule has 20 heavy (non-hydrogen) atoms. The molecule has 1 amide bonds. The fraction of sp³-hybridized carbons (Fsp3) is 0.462. The quantitative estimate of drug-likeness (QED) is 0.857. The number of benzene rings is 1. The van der Waals surface area contributed by atoms with Crippen molar-refractivity contribution in [3.8, 4) is 0 Å². The minimum atomic E-state index is -2.99. The Labute approximate surface area is 122 Å². The van der Waals surface area contributed by atoms with Crippen LogP contribution in [-0.2, 0) is 14.6 Å². The summed E-state index contributed by atoms with van der Waals surface area (Å²) in [7, 11) is -2.99. The van der Waals surface area contributed by atoms with Crippen molar-refractivity contribution in [2.24, 2.45) is 0 Å². The first-order valence-electron chi connectivity index (χ1n) is 6.29. The molecule has 1 N–H and O–H groups in total. The average Bonchev–Trinajstić information content (AvgIpc) is 2.71. The average molecular weight is 317 g/mol. The Balaban J connectivity index is 1.88. The first kappa shape index (κ1) is 15.3. The number of hydrogen-bond acceptors (Lipinski definition) is 4. The Morgan fingerprint density at radius 3 is 2.60 bits per heavy atom. The van der Waals surface area contributed by atoms with Gasteiger partial charge in [-0.15, -0.1) is 11.8 Å². The highest BCUT2D eigenvalue weighted by atomic mass is 32.2. The maximum Gasteiger partial charge on any atom is 0.233 e. The molecule has 0 unspecified atom stereocenters. The van der Waals surface area contributed by atoms with E-state index in [2.05, 4.69) is 5.32 Å². The van der Waals surface area contributed by atoms with E-state index in [4.69, 9.17) is 0 Å². The highest BCUT2D eigenvalue weighted by Crippen LogP contribution is 2.24. The second kappa shape index (κ2) is 6.13. The van der Waals surface area contributed by atoms with Crippen molar-refractivity contribution in [1.29, 1.82) is 0 Å². The van der Waals surface area contributed by atoms with Gasteiger partial charge in [-0.25, -0.2) is 12.8 Å². The van der Waals surface area contributed by atoms with Gasteiger partial charge in [0.2, 0.25) is 5.91 Å². The molecule has 1 aliphatic heterocycles. The SMILES string of the molecule is C[C@@H](Sc1ccc(F)cc1)C(=O)N[C@@H]1CCS(=O)(=O)C1. The molecule has 0 saturated carbocycles.